The van der Waals surface area contributed by atoms with Crippen molar-refractivity contribution in [1.29, 1.82) is 0 Å². The fourth-order valence-corrected chi connectivity index (χ4v) is 2.70. The Kier molecular flexibility index (Phi) is 4.54. The van der Waals surface area contributed by atoms with Crippen LogP contribution in [0.2, 0.25) is 0 Å². The number of nitrogens with one attached hydrogen (secondary N) is 1. The van der Waals surface area contributed by atoms with E-state index in [9.17, 15) is 0 Å². The van der Waals surface area contributed by atoms with Gasteiger partial charge in [-0.1, -0.05) is 32.0 Å². The van der Waals surface area contributed by atoms with Gasteiger partial charge in [0.2, 0.25) is 0 Å². The third kappa shape index (κ3) is 3.54. The van der Waals surface area contributed by atoms with Crippen LogP contribution < -0.4 is 5.32 Å². The van der Waals surface area contributed by atoms with Crippen LogP contribution >= 0.6 is 0 Å². The molecule has 0 saturated heterocycles. The van der Waals surface area contributed by atoms with E-state index in [0.29, 0.717) is 12.0 Å². The fraction of sp³-hybridized carbons (Fsp3) is 0.471. The minimum absolute atomic E-state index is 0.533. The molecule has 1 unspecified atom stereocenters. The zero-order chi connectivity index (χ0) is 13.8. The van der Waals surface area contributed by atoms with Gasteiger partial charge < -0.3 is 5.32 Å². The SMILES string of the molecule is CNC(Cc1cc(C)nc2ccccc12)CC(C)C. The van der Waals surface area contributed by atoms with Crippen molar-refractivity contribution >= 4 is 10.9 Å². The number of aryl methyl sites for hydroxylation is 1. The number of hydrogen-bond acceptors (Lipinski definition) is 2. The smallest absolute Gasteiger partial charge is 0.0707 e. The molecule has 2 nitrogen and oxygen atoms in total. The average Bonchev–Trinajstić information content (AvgIpc) is 2.37. The zero-order valence-corrected chi connectivity index (χ0v) is 12.4. The quantitative estimate of drug-likeness (QED) is 0.882. The van der Waals surface area contributed by atoms with Gasteiger partial charge in [-0.05, 0) is 50.4 Å². The summed E-state index contributed by atoms with van der Waals surface area (Å²) < 4.78 is 0. The summed E-state index contributed by atoms with van der Waals surface area (Å²) in [6, 6.07) is 11.2. The Hall–Kier alpha value is -1.41. The van der Waals surface area contributed by atoms with Crippen LogP contribution in [0.5, 0.6) is 0 Å². The van der Waals surface area contributed by atoms with Gasteiger partial charge in [-0.25, -0.2) is 0 Å². The summed E-state index contributed by atoms with van der Waals surface area (Å²) >= 11 is 0. The van der Waals surface area contributed by atoms with Crippen molar-refractivity contribution in [2.24, 2.45) is 5.92 Å². The van der Waals surface area contributed by atoms with Gasteiger partial charge in [0, 0.05) is 17.1 Å². The molecule has 0 bridgehead atoms. The molecular formula is C17H24N2. The third-order valence-corrected chi connectivity index (χ3v) is 3.56. The van der Waals surface area contributed by atoms with Gasteiger partial charge >= 0.3 is 0 Å². The number of likely N-dealkylation sites (N-methyl/N-ethyl adjacent to an activating group) is 1. The number of pyridine rings is 1. The molecule has 0 aliphatic rings. The Morgan fingerprint density at radius 1 is 1.21 bits per heavy atom. The molecular weight excluding hydrogens is 232 g/mol. The minimum atomic E-state index is 0.533. The monoisotopic (exact) mass is 256 g/mol. The largest absolute Gasteiger partial charge is 0.317 e. The number of aromatic nitrogens is 1. The molecule has 2 aromatic rings. The van der Waals surface area contributed by atoms with Crippen LogP contribution in [-0.2, 0) is 6.42 Å². The second kappa shape index (κ2) is 6.16. The molecule has 1 aromatic carbocycles. The van der Waals surface area contributed by atoms with E-state index in [0.717, 1.165) is 17.6 Å². The molecule has 0 fully saturated rings. The third-order valence-electron chi connectivity index (χ3n) is 3.56. The second-order valence-corrected chi connectivity index (χ2v) is 5.76. The van der Waals surface area contributed by atoms with E-state index in [4.69, 9.17) is 0 Å². The molecule has 0 aliphatic heterocycles. The van der Waals surface area contributed by atoms with E-state index in [2.05, 4.69) is 68.5 Å². The van der Waals surface area contributed by atoms with Crippen LogP contribution in [0.25, 0.3) is 10.9 Å². The van der Waals surface area contributed by atoms with Crippen molar-refractivity contribution in [2.45, 2.75) is 39.7 Å². The van der Waals surface area contributed by atoms with E-state index >= 15 is 0 Å². The lowest BCUT2D eigenvalue weighted by Crippen LogP contribution is -2.29. The molecule has 2 rings (SSSR count). The average molecular weight is 256 g/mol. The first-order valence-electron chi connectivity index (χ1n) is 7.12. The Morgan fingerprint density at radius 3 is 2.63 bits per heavy atom. The van der Waals surface area contributed by atoms with E-state index in [1.165, 1.54) is 17.4 Å². The van der Waals surface area contributed by atoms with Crippen LogP contribution in [-0.4, -0.2) is 18.1 Å². The summed E-state index contributed by atoms with van der Waals surface area (Å²) in [5, 5.41) is 4.73. The number of benzene rings is 1. The van der Waals surface area contributed by atoms with Crippen LogP contribution in [0, 0.1) is 12.8 Å². The van der Waals surface area contributed by atoms with Crippen LogP contribution in [0.3, 0.4) is 0 Å². The molecule has 1 heterocycles. The molecule has 0 saturated carbocycles. The number of nitrogens with zero attached hydrogens (tertiary/aromatic N) is 1. The Morgan fingerprint density at radius 2 is 1.95 bits per heavy atom. The summed E-state index contributed by atoms with van der Waals surface area (Å²) in [6.45, 7) is 6.63. The van der Waals surface area contributed by atoms with E-state index in [-0.39, 0.29) is 0 Å². The van der Waals surface area contributed by atoms with Gasteiger partial charge in [-0.15, -0.1) is 0 Å². The van der Waals surface area contributed by atoms with Crippen LogP contribution in [0.15, 0.2) is 30.3 Å². The van der Waals surface area contributed by atoms with Gasteiger partial charge in [0.25, 0.3) is 0 Å². The fourth-order valence-electron chi connectivity index (χ4n) is 2.70. The van der Waals surface area contributed by atoms with Gasteiger partial charge in [0.15, 0.2) is 0 Å². The molecule has 0 amide bonds. The zero-order valence-electron chi connectivity index (χ0n) is 12.4. The number of rotatable bonds is 5. The summed E-state index contributed by atoms with van der Waals surface area (Å²) in [7, 11) is 2.06. The van der Waals surface area contributed by atoms with Gasteiger partial charge in [0.1, 0.15) is 0 Å². The summed E-state index contributed by atoms with van der Waals surface area (Å²) in [5.41, 5.74) is 3.62. The molecule has 0 spiro atoms. The van der Waals surface area contributed by atoms with Crippen molar-refractivity contribution in [3.8, 4) is 0 Å². The highest BCUT2D eigenvalue weighted by atomic mass is 14.9. The van der Waals surface area contributed by atoms with Crippen molar-refractivity contribution in [2.75, 3.05) is 7.05 Å². The Balaban J connectivity index is 2.33. The van der Waals surface area contributed by atoms with Crippen molar-refractivity contribution < 1.29 is 0 Å². The first-order valence-corrected chi connectivity index (χ1v) is 7.12. The predicted octanol–water partition coefficient (Wildman–Crippen LogP) is 3.72. The maximum Gasteiger partial charge on any atom is 0.0707 e. The maximum atomic E-state index is 4.61. The molecule has 2 heteroatoms. The van der Waals surface area contributed by atoms with Crippen molar-refractivity contribution in [3.63, 3.8) is 0 Å². The summed E-state index contributed by atoms with van der Waals surface area (Å²) in [6.07, 6.45) is 2.27. The number of fused-ring (bicyclic) bond motifs is 1. The highest BCUT2D eigenvalue weighted by Gasteiger charge is 2.12. The number of hydrogen-bond donors (Lipinski definition) is 1. The second-order valence-electron chi connectivity index (χ2n) is 5.76. The Labute approximate surface area is 116 Å². The number of para-hydroxylation sites is 1. The summed E-state index contributed by atoms with van der Waals surface area (Å²) in [4.78, 5) is 4.61. The molecule has 102 valence electrons. The normalized spacial score (nSPS) is 13.1. The topological polar surface area (TPSA) is 24.9 Å². The molecule has 1 aromatic heterocycles. The van der Waals surface area contributed by atoms with Crippen LogP contribution in [0.1, 0.15) is 31.5 Å². The lowest BCUT2D eigenvalue weighted by atomic mass is 9.95. The van der Waals surface area contributed by atoms with Gasteiger partial charge in [0.05, 0.1) is 5.52 Å². The van der Waals surface area contributed by atoms with Crippen molar-refractivity contribution in [1.82, 2.24) is 10.3 Å². The highest BCUT2D eigenvalue weighted by molar-refractivity contribution is 5.82. The predicted molar refractivity (Wildman–Crippen MR) is 82.5 cm³/mol. The molecule has 0 radical (unpaired) electrons. The van der Waals surface area contributed by atoms with Crippen molar-refractivity contribution in [3.05, 3.63) is 41.6 Å². The molecule has 1 atom stereocenters. The lowest BCUT2D eigenvalue weighted by molar-refractivity contribution is 0.441. The molecule has 1 N–H and O–H groups in total. The minimum Gasteiger partial charge on any atom is -0.317 e. The highest BCUT2D eigenvalue weighted by Crippen LogP contribution is 2.21. The maximum absolute atomic E-state index is 4.61. The van der Waals surface area contributed by atoms with Crippen LogP contribution in [0.4, 0.5) is 0 Å². The standard InChI is InChI=1S/C17H24N2/c1-12(2)9-15(18-4)11-14-10-13(3)19-17-8-6-5-7-16(14)17/h5-8,10,12,15,18H,9,11H2,1-4H3. The first-order chi connectivity index (χ1) is 9.10. The Bertz CT molecular complexity index is 546. The van der Waals surface area contributed by atoms with Gasteiger partial charge in [-0.2, -0.15) is 0 Å². The molecule has 0 aliphatic carbocycles. The summed E-state index contributed by atoms with van der Waals surface area (Å²) in [5.74, 6) is 0.714. The van der Waals surface area contributed by atoms with E-state index < -0.39 is 0 Å². The van der Waals surface area contributed by atoms with E-state index in [1.54, 1.807) is 0 Å². The first kappa shape index (κ1) is 14.0. The molecule has 19 heavy (non-hydrogen) atoms. The van der Waals surface area contributed by atoms with E-state index in [1.807, 2.05) is 0 Å². The lowest BCUT2D eigenvalue weighted by Gasteiger charge is -2.19. The van der Waals surface area contributed by atoms with Gasteiger partial charge in [-0.3, -0.25) is 4.98 Å².